The smallest absolute Gasteiger partial charge is 0.289 e. The van der Waals surface area contributed by atoms with Gasteiger partial charge in [0.15, 0.2) is 0 Å². The molecule has 0 fully saturated rings. The number of amides is 2. The van der Waals surface area contributed by atoms with E-state index < -0.39 is 23.6 Å². The number of rotatable bonds is 1. The third-order valence-corrected chi connectivity index (χ3v) is 3.03. The number of nitrogens with one attached hydrogen (secondary N) is 1. The Morgan fingerprint density at radius 1 is 1.17 bits per heavy atom. The zero-order valence-electron chi connectivity index (χ0n) is 8.64. The second-order valence-electron chi connectivity index (χ2n) is 3.57. The molecule has 0 saturated carbocycles. The highest BCUT2D eigenvalue weighted by Gasteiger charge is 2.34. The van der Waals surface area contributed by atoms with Gasteiger partial charge in [0, 0.05) is 10.5 Å². The zero-order valence-corrected chi connectivity index (χ0v) is 10.2. The van der Waals surface area contributed by atoms with Crippen molar-refractivity contribution in [2.45, 2.75) is 6.18 Å². The zero-order chi connectivity index (χ0) is 13.5. The molecule has 7 heteroatoms. The van der Waals surface area contributed by atoms with E-state index in [2.05, 4.69) is 15.9 Å². The molecule has 2 rings (SSSR count). The van der Waals surface area contributed by atoms with E-state index >= 15 is 0 Å². The van der Waals surface area contributed by atoms with E-state index in [9.17, 15) is 22.8 Å². The van der Waals surface area contributed by atoms with Crippen molar-refractivity contribution in [3.63, 3.8) is 0 Å². The molecule has 0 aliphatic carbocycles. The van der Waals surface area contributed by atoms with E-state index in [4.69, 9.17) is 0 Å². The molecule has 0 spiro atoms. The summed E-state index contributed by atoms with van der Waals surface area (Å²) in [7, 11) is 0. The summed E-state index contributed by atoms with van der Waals surface area (Å²) in [6.07, 6.45) is -3.56. The van der Waals surface area contributed by atoms with E-state index in [1.807, 2.05) is 5.32 Å². The minimum Gasteiger partial charge on any atom is -0.289 e. The molecule has 1 N–H and O–H groups in total. The van der Waals surface area contributed by atoms with Crippen LogP contribution in [0.1, 0.15) is 11.1 Å². The molecule has 1 heterocycles. The van der Waals surface area contributed by atoms with Crippen molar-refractivity contribution < 1.29 is 22.8 Å². The van der Waals surface area contributed by atoms with Gasteiger partial charge in [0.1, 0.15) is 0 Å². The summed E-state index contributed by atoms with van der Waals surface area (Å²) < 4.78 is 37.9. The van der Waals surface area contributed by atoms with Crippen LogP contribution in [0.4, 0.5) is 13.2 Å². The highest BCUT2D eigenvalue weighted by atomic mass is 79.9. The second-order valence-corrected chi connectivity index (χ2v) is 4.42. The van der Waals surface area contributed by atoms with E-state index in [1.54, 1.807) is 0 Å². The van der Waals surface area contributed by atoms with Crippen molar-refractivity contribution >= 4 is 33.3 Å². The summed E-state index contributed by atoms with van der Waals surface area (Å²) in [6.45, 7) is 0. The van der Waals surface area contributed by atoms with Crippen LogP contribution < -0.4 is 5.32 Å². The predicted octanol–water partition coefficient (Wildman–Crippen LogP) is 2.51. The maximum atomic E-state index is 12.7. The number of alkyl halides is 3. The lowest BCUT2D eigenvalue weighted by Gasteiger charge is -2.10. The van der Waals surface area contributed by atoms with Crippen molar-refractivity contribution in [2.24, 2.45) is 0 Å². The molecular formula is C11H5BrF3NO2. The summed E-state index contributed by atoms with van der Waals surface area (Å²) in [5.41, 5.74) is -0.917. The minimum atomic E-state index is -4.53. The van der Waals surface area contributed by atoms with Gasteiger partial charge in [0.25, 0.3) is 11.8 Å². The van der Waals surface area contributed by atoms with E-state index in [0.717, 1.165) is 12.1 Å². The van der Waals surface area contributed by atoms with E-state index in [0.29, 0.717) is 0 Å². The minimum absolute atomic E-state index is 0.0499. The Labute approximate surface area is 108 Å². The normalized spacial score (nSPS) is 15.7. The summed E-state index contributed by atoms with van der Waals surface area (Å²) in [4.78, 5) is 22.3. The Balaban J connectivity index is 2.52. The van der Waals surface area contributed by atoms with Crippen molar-refractivity contribution in [1.29, 1.82) is 0 Å². The highest BCUT2D eigenvalue weighted by Crippen LogP contribution is 2.36. The third kappa shape index (κ3) is 2.31. The average molecular weight is 320 g/mol. The molecule has 2 amide bonds. The van der Waals surface area contributed by atoms with Crippen LogP contribution in [0.5, 0.6) is 0 Å². The number of imide groups is 1. The topological polar surface area (TPSA) is 46.2 Å². The Hall–Kier alpha value is -1.63. The Bertz CT molecular complexity index is 578. The number of carbonyl (C=O) groups excluding carboxylic acids is 2. The number of hydrogen-bond acceptors (Lipinski definition) is 2. The van der Waals surface area contributed by atoms with Gasteiger partial charge < -0.3 is 0 Å². The second kappa shape index (κ2) is 4.24. The first-order chi connectivity index (χ1) is 8.29. The summed E-state index contributed by atoms with van der Waals surface area (Å²) in [6, 6.07) is 3.35. The largest absolute Gasteiger partial charge is 0.417 e. The lowest BCUT2D eigenvalue weighted by atomic mass is 10.0. The van der Waals surface area contributed by atoms with Gasteiger partial charge in [0.05, 0.1) is 11.1 Å². The van der Waals surface area contributed by atoms with Crippen LogP contribution in [0.25, 0.3) is 5.57 Å². The van der Waals surface area contributed by atoms with Crippen LogP contribution in [-0.2, 0) is 15.8 Å². The Morgan fingerprint density at radius 2 is 1.83 bits per heavy atom. The lowest BCUT2D eigenvalue weighted by molar-refractivity contribution is -0.138. The molecule has 1 aromatic carbocycles. The molecule has 1 aromatic rings. The maximum absolute atomic E-state index is 12.7. The van der Waals surface area contributed by atoms with Gasteiger partial charge in [0.2, 0.25) is 0 Å². The van der Waals surface area contributed by atoms with Gasteiger partial charge in [-0.25, -0.2) is 0 Å². The molecule has 94 valence electrons. The van der Waals surface area contributed by atoms with Crippen molar-refractivity contribution in [3.8, 4) is 0 Å². The van der Waals surface area contributed by atoms with E-state index in [-0.39, 0.29) is 15.6 Å². The summed E-state index contributed by atoms with van der Waals surface area (Å²) in [5.74, 6) is -1.33. The fourth-order valence-corrected chi connectivity index (χ4v) is 2.01. The fraction of sp³-hybridized carbons (Fsp3) is 0.0909. The highest BCUT2D eigenvalue weighted by molar-refractivity contribution is 9.10. The predicted molar refractivity (Wildman–Crippen MR) is 60.3 cm³/mol. The van der Waals surface area contributed by atoms with Gasteiger partial charge in [-0.3, -0.25) is 14.9 Å². The monoisotopic (exact) mass is 319 g/mol. The fourth-order valence-electron chi connectivity index (χ4n) is 1.54. The molecule has 1 aliphatic rings. The molecule has 1 aliphatic heterocycles. The molecule has 18 heavy (non-hydrogen) atoms. The van der Waals surface area contributed by atoms with Crippen molar-refractivity contribution in [1.82, 2.24) is 5.32 Å². The first-order valence-corrected chi connectivity index (χ1v) is 5.52. The van der Waals surface area contributed by atoms with Gasteiger partial charge >= 0.3 is 6.18 Å². The molecule has 3 nitrogen and oxygen atoms in total. The van der Waals surface area contributed by atoms with Crippen LogP contribution >= 0.6 is 15.9 Å². The molecule has 0 radical (unpaired) electrons. The van der Waals surface area contributed by atoms with Crippen LogP contribution in [0.2, 0.25) is 0 Å². The standard InChI is InChI=1S/C11H5BrF3NO2/c12-8-2-1-5(3-7(8)11(13,14)15)6-4-9(17)16-10(6)18/h1-4H,(H,16,17,18). The molecule has 0 bridgehead atoms. The van der Waals surface area contributed by atoms with Crippen LogP contribution in [0.15, 0.2) is 28.7 Å². The third-order valence-electron chi connectivity index (χ3n) is 2.34. The van der Waals surface area contributed by atoms with Crippen LogP contribution in [-0.4, -0.2) is 11.8 Å². The molecule has 0 unspecified atom stereocenters. The quantitative estimate of drug-likeness (QED) is 0.808. The van der Waals surface area contributed by atoms with Crippen LogP contribution in [0, 0.1) is 0 Å². The Morgan fingerprint density at radius 3 is 2.33 bits per heavy atom. The van der Waals surface area contributed by atoms with Crippen molar-refractivity contribution in [2.75, 3.05) is 0 Å². The first-order valence-electron chi connectivity index (χ1n) is 4.73. The lowest BCUT2D eigenvalue weighted by Crippen LogP contribution is -2.21. The van der Waals surface area contributed by atoms with Gasteiger partial charge in [-0.2, -0.15) is 13.2 Å². The van der Waals surface area contributed by atoms with E-state index in [1.165, 1.54) is 12.1 Å². The molecule has 0 aromatic heterocycles. The number of carbonyl (C=O) groups is 2. The first kappa shape index (κ1) is 12.8. The molecule has 0 atom stereocenters. The molecule has 0 saturated heterocycles. The summed E-state index contributed by atoms with van der Waals surface area (Å²) >= 11 is 2.79. The average Bonchev–Trinajstić information content (AvgIpc) is 2.57. The summed E-state index contributed by atoms with van der Waals surface area (Å²) in [5, 5.41) is 1.97. The SMILES string of the molecule is O=C1C=C(c2ccc(Br)c(C(F)(F)F)c2)C(=O)N1. The Kier molecular flexibility index (Phi) is 3.02. The number of benzene rings is 1. The molecular weight excluding hydrogens is 315 g/mol. The van der Waals surface area contributed by atoms with Gasteiger partial charge in [-0.1, -0.05) is 22.0 Å². The van der Waals surface area contributed by atoms with Gasteiger partial charge in [-0.05, 0) is 17.7 Å². The van der Waals surface area contributed by atoms with Crippen molar-refractivity contribution in [3.05, 3.63) is 39.9 Å². The van der Waals surface area contributed by atoms with Gasteiger partial charge in [-0.15, -0.1) is 0 Å². The maximum Gasteiger partial charge on any atom is 0.417 e. The number of hydrogen-bond donors (Lipinski definition) is 1. The number of halogens is 4. The van der Waals surface area contributed by atoms with Crippen LogP contribution in [0.3, 0.4) is 0 Å².